The lowest BCUT2D eigenvalue weighted by Gasteiger charge is -2.26. The van der Waals surface area contributed by atoms with Gasteiger partial charge in [-0.2, -0.15) is 0 Å². The van der Waals surface area contributed by atoms with Crippen molar-refractivity contribution < 1.29 is 34.1 Å². The van der Waals surface area contributed by atoms with Crippen molar-refractivity contribution in [3.63, 3.8) is 0 Å². The Kier molecular flexibility index (Phi) is 6.55. The first kappa shape index (κ1) is 23.6. The molecule has 0 spiro atoms. The number of ether oxygens (including phenoxy) is 2. The van der Waals surface area contributed by atoms with Crippen LogP contribution in [0.1, 0.15) is 22.7 Å². The number of carbonyl (C=O) groups is 3. The highest BCUT2D eigenvalue weighted by molar-refractivity contribution is 6.51. The van der Waals surface area contributed by atoms with Gasteiger partial charge in [-0.05, 0) is 59.7 Å². The Morgan fingerprint density at radius 1 is 0.886 bits per heavy atom. The molecule has 0 radical (unpaired) electrons. The molecule has 0 aliphatic carbocycles. The first-order valence-electron chi connectivity index (χ1n) is 10.7. The van der Waals surface area contributed by atoms with Crippen LogP contribution in [0.5, 0.6) is 11.5 Å². The summed E-state index contributed by atoms with van der Waals surface area (Å²) in [6.07, 6.45) is -0.171. The summed E-state index contributed by atoms with van der Waals surface area (Å²) in [7, 11) is 3.03. The minimum absolute atomic E-state index is 0.0666. The highest BCUT2D eigenvalue weighted by Crippen LogP contribution is 2.43. The summed E-state index contributed by atoms with van der Waals surface area (Å²) in [5.41, 5.74) is 1.79. The fourth-order valence-corrected chi connectivity index (χ4v) is 4.08. The van der Waals surface area contributed by atoms with Crippen LogP contribution in [-0.2, 0) is 20.8 Å². The van der Waals surface area contributed by atoms with Gasteiger partial charge < -0.3 is 19.7 Å². The topological polar surface area (TPSA) is 113 Å². The number of carboxylic acid groups (broad SMARTS) is 1. The Morgan fingerprint density at radius 2 is 1.54 bits per heavy atom. The van der Waals surface area contributed by atoms with Crippen LogP contribution in [0.25, 0.3) is 5.76 Å². The fourth-order valence-electron chi connectivity index (χ4n) is 4.08. The number of hydrogen-bond donors (Lipinski definition) is 2. The number of aliphatic carboxylic acids is 1. The second-order valence-corrected chi connectivity index (χ2v) is 7.91. The summed E-state index contributed by atoms with van der Waals surface area (Å²) in [5.74, 6) is -1.83. The Morgan fingerprint density at radius 3 is 2.14 bits per heavy atom. The first-order chi connectivity index (χ1) is 16.8. The molecule has 2 N–H and O–H groups in total. The summed E-state index contributed by atoms with van der Waals surface area (Å²) >= 11 is 0. The van der Waals surface area contributed by atoms with E-state index in [1.165, 1.54) is 19.1 Å². The van der Waals surface area contributed by atoms with Gasteiger partial charge in [-0.15, -0.1) is 0 Å². The Labute approximate surface area is 201 Å². The number of aliphatic hydroxyl groups is 1. The molecule has 3 aromatic carbocycles. The van der Waals surface area contributed by atoms with Crippen molar-refractivity contribution >= 4 is 29.1 Å². The number of carbonyl (C=O) groups excluding carboxylic acids is 2. The molecular formula is C27H23NO7. The van der Waals surface area contributed by atoms with Gasteiger partial charge in [0.05, 0.1) is 32.3 Å². The van der Waals surface area contributed by atoms with Crippen LogP contribution < -0.4 is 14.4 Å². The molecule has 0 aromatic heterocycles. The number of aliphatic hydroxyl groups excluding tert-OH is 1. The van der Waals surface area contributed by atoms with Crippen molar-refractivity contribution in [2.24, 2.45) is 0 Å². The second kappa shape index (κ2) is 9.72. The number of anilines is 1. The standard InChI is InChI=1S/C27H23NO7/c1-34-20-12-8-17(9-13-20)25(31)23-24(18-4-3-5-21(15-18)35-2)28(27(33)26(23)32)19-10-6-16(7-11-19)14-22(29)30/h3-13,15,24,31H,14H2,1-2H3,(H,29,30)/b25-23-. The molecule has 1 fully saturated rings. The summed E-state index contributed by atoms with van der Waals surface area (Å²) in [6.45, 7) is 0. The molecule has 1 aliphatic heterocycles. The van der Waals surface area contributed by atoms with Gasteiger partial charge in [0.2, 0.25) is 0 Å². The molecule has 8 nitrogen and oxygen atoms in total. The zero-order valence-corrected chi connectivity index (χ0v) is 19.1. The molecular weight excluding hydrogens is 450 g/mol. The number of nitrogens with zero attached hydrogens (tertiary/aromatic N) is 1. The average molecular weight is 473 g/mol. The van der Waals surface area contributed by atoms with Crippen LogP contribution >= 0.6 is 0 Å². The van der Waals surface area contributed by atoms with E-state index in [1.807, 2.05) is 0 Å². The van der Waals surface area contributed by atoms with Crippen LogP contribution in [0.2, 0.25) is 0 Å². The maximum atomic E-state index is 13.2. The van der Waals surface area contributed by atoms with Gasteiger partial charge in [0, 0.05) is 11.3 Å². The number of Topliss-reactive ketones (excluding diaryl/α,β-unsaturated/α-hetero) is 1. The lowest BCUT2D eigenvalue weighted by molar-refractivity contribution is -0.136. The summed E-state index contributed by atoms with van der Waals surface area (Å²) in [4.78, 5) is 38.8. The normalized spacial score (nSPS) is 16.9. The van der Waals surface area contributed by atoms with Crippen LogP contribution in [-0.4, -0.2) is 42.1 Å². The van der Waals surface area contributed by atoms with E-state index in [9.17, 15) is 19.5 Å². The number of ketones is 1. The van der Waals surface area contributed by atoms with E-state index in [-0.39, 0.29) is 17.8 Å². The van der Waals surface area contributed by atoms with Crippen LogP contribution in [0.4, 0.5) is 5.69 Å². The van der Waals surface area contributed by atoms with Gasteiger partial charge in [0.1, 0.15) is 17.3 Å². The zero-order chi connectivity index (χ0) is 25.1. The number of hydrogen-bond acceptors (Lipinski definition) is 6. The molecule has 35 heavy (non-hydrogen) atoms. The van der Waals surface area contributed by atoms with E-state index in [0.29, 0.717) is 33.9 Å². The Hall–Kier alpha value is -4.59. The molecule has 1 unspecified atom stereocenters. The fraction of sp³-hybridized carbons (Fsp3) is 0.148. The van der Waals surface area contributed by atoms with Gasteiger partial charge >= 0.3 is 5.97 Å². The van der Waals surface area contributed by atoms with Crippen molar-refractivity contribution in [2.75, 3.05) is 19.1 Å². The maximum absolute atomic E-state index is 13.2. The van der Waals surface area contributed by atoms with Crippen molar-refractivity contribution in [1.29, 1.82) is 0 Å². The molecule has 1 atom stereocenters. The highest BCUT2D eigenvalue weighted by Gasteiger charge is 2.47. The third kappa shape index (κ3) is 4.59. The molecule has 1 heterocycles. The lowest BCUT2D eigenvalue weighted by atomic mass is 9.95. The predicted molar refractivity (Wildman–Crippen MR) is 129 cm³/mol. The van der Waals surface area contributed by atoms with Crippen LogP contribution in [0, 0.1) is 0 Å². The highest BCUT2D eigenvalue weighted by atomic mass is 16.5. The van der Waals surface area contributed by atoms with E-state index in [0.717, 1.165) is 0 Å². The van der Waals surface area contributed by atoms with Crippen LogP contribution in [0.15, 0.2) is 78.4 Å². The molecule has 3 aromatic rings. The van der Waals surface area contributed by atoms with Crippen molar-refractivity contribution in [1.82, 2.24) is 0 Å². The summed E-state index contributed by atoms with van der Waals surface area (Å²) in [5, 5.41) is 20.2. The number of carboxylic acids is 1. The largest absolute Gasteiger partial charge is 0.507 e. The average Bonchev–Trinajstić information content (AvgIpc) is 3.14. The van der Waals surface area contributed by atoms with E-state index >= 15 is 0 Å². The molecule has 1 saturated heterocycles. The predicted octanol–water partition coefficient (Wildman–Crippen LogP) is 3.96. The molecule has 4 rings (SSSR count). The van der Waals surface area contributed by atoms with Crippen molar-refractivity contribution in [3.8, 4) is 11.5 Å². The van der Waals surface area contributed by atoms with Gasteiger partial charge in [-0.1, -0.05) is 24.3 Å². The minimum Gasteiger partial charge on any atom is -0.507 e. The number of rotatable bonds is 7. The Balaban J connectivity index is 1.87. The van der Waals surface area contributed by atoms with Gasteiger partial charge in [0.25, 0.3) is 11.7 Å². The second-order valence-electron chi connectivity index (χ2n) is 7.91. The summed E-state index contributed by atoms with van der Waals surface area (Å²) < 4.78 is 10.5. The molecule has 1 aliphatic rings. The number of methoxy groups -OCH3 is 2. The maximum Gasteiger partial charge on any atom is 0.307 e. The first-order valence-corrected chi connectivity index (χ1v) is 10.7. The number of amides is 1. The van der Waals surface area contributed by atoms with E-state index in [4.69, 9.17) is 14.6 Å². The third-order valence-electron chi connectivity index (χ3n) is 5.79. The van der Waals surface area contributed by atoms with E-state index in [2.05, 4.69) is 0 Å². The smallest absolute Gasteiger partial charge is 0.307 e. The monoisotopic (exact) mass is 473 g/mol. The lowest BCUT2D eigenvalue weighted by Crippen LogP contribution is -2.29. The van der Waals surface area contributed by atoms with Crippen LogP contribution in [0.3, 0.4) is 0 Å². The molecule has 0 bridgehead atoms. The van der Waals surface area contributed by atoms with Crippen molar-refractivity contribution in [3.05, 3.63) is 95.1 Å². The number of benzene rings is 3. The SMILES string of the molecule is COc1ccc(/C(O)=C2/C(=O)C(=O)N(c3ccc(CC(=O)O)cc3)C2c2cccc(OC)c2)cc1. The third-order valence-corrected chi connectivity index (χ3v) is 5.79. The molecule has 0 saturated carbocycles. The quantitative estimate of drug-likeness (QED) is 0.303. The van der Waals surface area contributed by atoms with E-state index in [1.54, 1.807) is 72.8 Å². The summed E-state index contributed by atoms with van der Waals surface area (Å²) in [6, 6.07) is 18.8. The molecule has 8 heteroatoms. The van der Waals surface area contributed by atoms with Gasteiger partial charge in [-0.25, -0.2) is 0 Å². The minimum atomic E-state index is -0.978. The van der Waals surface area contributed by atoms with Gasteiger partial charge in [-0.3, -0.25) is 19.3 Å². The van der Waals surface area contributed by atoms with Gasteiger partial charge in [0.15, 0.2) is 0 Å². The van der Waals surface area contributed by atoms with E-state index < -0.39 is 23.7 Å². The Bertz CT molecular complexity index is 1310. The molecule has 178 valence electrons. The molecule has 1 amide bonds. The zero-order valence-electron chi connectivity index (χ0n) is 19.1. The van der Waals surface area contributed by atoms with Crippen molar-refractivity contribution in [2.45, 2.75) is 12.5 Å².